The number of benzene rings is 2. The van der Waals surface area contributed by atoms with Gasteiger partial charge < -0.3 is 0 Å². The van der Waals surface area contributed by atoms with Crippen molar-refractivity contribution in [1.82, 2.24) is 19.9 Å². The molecule has 2 aromatic heterocycles. The van der Waals surface area contributed by atoms with Crippen LogP contribution in [0.3, 0.4) is 0 Å². The summed E-state index contributed by atoms with van der Waals surface area (Å²) in [6.07, 6.45) is 3.34. The number of hydrogen-bond donors (Lipinski definition) is 2. The number of carbonyl (C=O) groups excluding carboxylic acids is 2. The molecule has 0 aliphatic heterocycles. The molecule has 7 nitrogen and oxygen atoms in total. The molecule has 0 aliphatic rings. The first-order valence-corrected chi connectivity index (χ1v) is 10.5. The number of amides is 2. The maximum absolute atomic E-state index is 12.1. The number of primary amides is 1. The minimum atomic E-state index is -0.456. The topological polar surface area (TPSA) is 103 Å². The number of nitrogens with one attached hydrogen (secondary N) is 1. The van der Waals surface area contributed by atoms with Gasteiger partial charge in [0.15, 0.2) is 0 Å². The molecule has 0 saturated carbocycles. The second kappa shape index (κ2) is 7.87. The second-order valence-electron chi connectivity index (χ2n) is 6.18. The SMILES string of the molecule is CNC(=O)c1ccc2cc([Se]c3ccccc3C(N)=O)n(-c3ncccn3)c2c1. The third-order valence-electron chi connectivity index (χ3n) is 4.38. The van der Waals surface area contributed by atoms with E-state index in [4.69, 9.17) is 5.73 Å². The number of aromatic nitrogens is 3. The minimum absolute atomic E-state index is 0.167. The van der Waals surface area contributed by atoms with Crippen molar-refractivity contribution < 1.29 is 9.59 Å². The van der Waals surface area contributed by atoms with Crippen LogP contribution in [0.1, 0.15) is 20.7 Å². The van der Waals surface area contributed by atoms with Crippen LogP contribution < -0.4 is 20.1 Å². The van der Waals surface area contributed by atoms with E-state index in [9.17, 15) is 9.59 Å². The number of rotatable bonds is 5. The summed E-state index contributed by atoms with van der Waals surface area (Å²) in [4.78, 5) is 32.8. The average molecular weight is 450 g/mol. The summed E-state index contributed by atoms with van der Waals surface area (Å²) in [5.74, 6) is -0.118. The summed E-state index contributed by atoms with van der Waals surface area (Å²) >= 11 is -0.239. The van der Waals surface area contributed by atoms with Crippen LogP contribution in [0.15, 0.2) is 67.0 Å². The van der Waals surface area contributed by atoms with Crippen molar-refractivity contribution in [2.45, 2.75) is 0 Å². The Morgan fingerprint density at radius 2 is 1.79 bits per heavy atom. The van der Waals surface area contributed by atoms with Crippen LogP contribution in [0, 0.1) is 0 Å². The molecule has 0 unspecified atom stereocenters. The summed E-state index contributed by atoms with van der Waals surface area (Å²) in [6, 6.07) is 16.6. The monoisotopic (exact) mass is 451 g/mol. The van der Waals surface area contributed by atoms with Crippen LogP contribution in [0.2, 0.25) is 0 Å². The van der Waals surface area contributed by atoms with Gasteiger partial charge in [-0.2, -0.15) is 0 Å². The summed E-state index contributed by atoms with van der Waals surface area (Å²) in [5, 5.41) is 3.60. The standard InChI is InChI=1S/C21H17N5O2Se/c1-23-20(28)14-8-7-13-12-18(29-17-6-3-2-5-15(17)19(22)27)26(16(13)11-14)21-24-9-4-10-25-21/h2-12H,1H3,(H2,22,27)(H,23,28). The Hall–Kier alpha value is -3.48. The van der Waals surface area contributed by atoms with Gasteiger partial charge in [-0.1, -0.05) is 0 Å². The van der Waals surface area contributed by atoms with Gasteiger partial charge in [0.1, 0.15) is 0 Å². The third-order valence-corrected chi connectivity index (χ3v) is 6.66. The molecule has 4 aromatic rings. The van der Waals surface area contributed by atoms with E-state index >= 15 is 0 Å². The van der Waals surface area contributed by atoms with Crippen molar-refractivity contribution in [2.24, 2.45) is 5.73 Å². The Kier molecular flexibility index (Phi) is 5.12. The first-order valence-electron chi connectivity index (χ1n) is 8.80. The van der Waals surface area contributed by atoms with Crippen molar-refractivity contribution in [2.75, 3.05) is 7.05 Å². The molecule has 0 atom stereocenters. The number of nitrogens with zero attached hydrogens (tertiary/aromatic N) is 3. The van der Waals surface area contributed by atoms with Crippen LogP contribution in [0.25, 0.3) is 16.9 Å². The van der Waals surface area contributed by atoms with Crippen molar-refractivity contribution in [1.29, 1.82) is 0 Å². The molecule has 0 aliphatic carbocycles. The van der Waals surface area contributed by atoms with Gasteiger partial charge in [-0.05, 0) is 0 Å². The Bertz CT molecular complexity index is 1220. The van der Waals surface area contributed by atoms with Crippen molar-refractivity contribution >= 4 is 46.7 Å². The van der Waals surface area contributed by atoms with Gasteiger partial charge in [0.05, 0.1) is 0 Å². The van der Waals surface area contributed by atoms with Gasteiger partial charge in [0.2, 0.25) is 0 Å². The summed E-state index contributed by atoms with van der Waals surface area (Å²) in [6.45, 7) is 0. The van der Waals surface area contributed by atoms with Gasteiger partial charge in [-0.15, -0.1) is 0 Å². The van der Waals surface area contributed by atoms with E-state index in [1.165, 1.54) is 0 Å². The molecule has 2 heterocycles. The van der Waals surface area contributed by atoms with E-state index in [1.807, 2.05) is 34.9 Å². The molecule has 0 radical (unpaired) electrons. The Morgan fingerprint density at radius 3 is 2.52 bits per heavy atom. The number of fused-ring (bicyclic) bond motifs is 1. The quantitative estimate of drug-likeness (QED) is 0.433. The number of hydrogen-bond acceptors (Lipinski definition) is 4. The van der Waals surface area contributed by atoms with E-state index in [-0.39, 0.29) is 20.9 Å². The number of nitrogens with two attached hydrogens (primary N) is 1. The Balaban J connectivity index is 1.92. The normalized spacial score (nSPS) is 10.8. The molecule has 4 rings (SSSR count). The summed E-state index contributed by atoms with van der Waals surface area (Å²) in [5.41, 5.74) is 7.43. The van der Waals surface area contributed by atoms with Gasteiger partial charge in [0, 0.05) is 0 Å². The van der Waals surface area contributed by atoms with Crippen molar-refractivity contribution in [3.8, 4) is 5.95 Å². The third kappa shape index (κ3) is 3.63. The number of carbonyl (C=O) groups is 2. The Labute approximate surface area is 173 Å². The predicted octanol–water partition coefficient (Wildman–Crippen LogP) is 0.534. The van der Waals surface area contributed by atoms with Crippen LogP contribution >= 0.6 is 0 Å². The fourth-order valence-corrected chi connectivity index (χ4v) is 5.35. The summed E-state index contributed by atoms with van der Waals surface area (Å²) < 4.78 is 3.75. The van der Waals surface area contributed by atoms with E-state index in [2.05, 4.69) is 15.3 Å². The zero-order valence-corrected chi connectivity index (χ0v) is 17.2. The van der Waals surface area contributed by atoms with Crippen LogP contribution in [-0.2, 0) is 0 Å². The fourth-order valence-electron chi connectivity index (χ4n) is 3.02. The second-order valence-corrected chi connectivity index (χ2v) is 8.41. The molecule has 2 amide bonds. The van der Waals surface area contributed by atoms with Crippen LogP contribution in [-0.4, -0.2) is 48.4 Å². The molecule has 29 heavy (non-hydrogen) atoms. The molecule has 0 bridgehead atoms. The molecular weight excluding hydrogens is 433 g/mol. The van der Waals surface area contributed by atoms with E-state index < -0.39 is 5.91 Å². The molecule has 3 N–H and O–H groups in total. The maximum atomic E-state index is 12.1. The van der Waals surface area contributed by atoms with Gasteiger partial charge >= 0.3 is 173 Å². The molecule has 0 spiro atoms. The molecule has 0 saturated heterocycles. The zero-order valence-electron chi connectivity index (χ0n) is 15.5. The van der Waals surface area contributed by atoms with E-state index in [1.54, 1.807) is 43.7 Å². The first-order chi connectivity index (χ1) is 14.1. The zero-order chi connectivity index (χ0) is 20.4. The molecular formula is C21H17N5O2Se. The van der Waals surface area contributed by atoms with E-state index in [0.717, 1.165) is 20.0 Å². The predicted molar refractivity (Wildman–Crippen MR) is 112 cm³/mol. The summed E-state index contributed by atoms with van der Waals surface area (Å²) in [7, 11) is 1.60. The van der Waals surface area contributed by atoms with Gasteiger partial charge in [0.25, 0.3) is 0 Å². The van der Waals surface area contributed by atoms with Crippen molar-refractivity contribution in [3.63, 3.8) is 0 Å². The molecule has 144 valence electrons. The van der Waals surface area contributed by atoms with Gasteiger partial charge in [-0.3, -0.25) is 0 Å². The molecule has 2 aromatic carbocycles. The van der Waals surface area contributed by atoms with Crippen LogP contribution in [0.5, 0.6) is 0 Å². The molecule has 8 heteroatoms. The van der Waals surface area contributed by atoms with E-state index in [0.29, 0.717) is 17.1 Å². The van der Waals surface area contributed by atoms with Crippen molar-refractivity contribution in [3.05, 3.63) is 78.1 Å². The Morgan fingerprint density at radius 1 is 1.03 bits per heavy atom. The van der Waals surface area contributed by atoms with Gasteiger partial charge in [-0.25, -0.2) is 0 Å². The van der Waals surface area contributed by atoms with Crippen LogP contribution in [0.4, 0.5) is 0 Å². The average Bonchev–Trinajstić information content (AvgIpc) is 3.11. The first kappa shape index (κ1) is 18.9. The fraction of sp³-hybridized carbons (Fsp3) is 0.0476. The molecule has 0 fully saturated rings.